The van der Waals surface area contributed by atoms with Crippen molar-refractivity contribution in [2.45, 2.75) is 12.4 Å². The van der Waals surface area contributed by atoms with E-state index in [0.717, 1.165) is 62.9 Å². The van der Waals surface area contributed by atoms with E-state index >= 15 is 0 Å². The molecule has 11 aromatic rings. The topological polar surface area (TPSA) is 48.5 Å². The Kier molecular flexibility index (Phi) is 8.98. The molecule has 310 valence electrons. The molecule has 0 fully saturated rings. The van der Waals surface area contributed by atoms with E-state index in [0.29, 0.717) is 39.1 Å². The Hall–Kier alpha value is -8.05. The quantitative estimate of drug-likeness (QED) is 0.157. The first-order chi connectivity index (χ1) is 31.0. The minimum Gasteiger partial charge on any atom is -0.309 e. The van der Waals surface area contributed by atoms with Crippen molar-refractivity contribution in [3.8, 4) is 56.7 Å². The van der Waals surface area contributed by atoms with Gasteiger partial charge in [0.2, 0.25) is 0 Å². The van der Waals surface area contributed by atoms with Gasteiger partial charge in [-0.2, -0.15) is 26.3 Å². The summed E-state index contributed by atoms with van der Waals surface area (Å²) in [6.07, 6.45) is -9.47. The molecule has 3 heterocycles. The monoisotopic (exact) mass is 851 g/mol. The molecule has 5 nitrogen and oxygen atoms in total. The summed E-state index contributed by atoms with van der Waals surface area (Å²) in [4.78, 5) is 14.9. The normalized spacial score (nSPS) is 12.2. The predicted molar refractivity (Wildman–Crippen MR) is 240 cm³/mol. The maximum absolute atomic E-state index is 14.5. The van der Waals surface area contributed by atoms with Crippen LogP contribution in [0.3, 0.4) is 0 Å². The highest BCUT2D eigenvalue weighted by Crippen LogP contribution is 2.44. The van der Waals surface area contributed by atoms with Crippen molar-refractivity contribution < 1.29 is 26.3 Å². The molecule has 0 aliphatic rings. The van der Waals surface area contributed by atoms with Crippen LogP contribution in [0.4, 0.5) is 26.3 Å². The van der Waals surface area contributed by atoms with Gasteiger partial charge < -0.3 is 9.13 Å². The molecule has 0 N–H and O–H groups in total. The third kappa shape index (κ3) is 6.55. The van der Waals surface area contributed by atoms with Gasteiger partial charge >= 0.3 is 12.4 Å². The van der Waals surface area contributed by atoms with Crippen molar-refractivity contribution >= 4 is 43.6 Å². The Morgan fingerprint density at radius 1 is 0.344 bits per heavy atom. The number of fused-ring (bicyclic) bond motifs is 6. The maximum atomic E-state index is 14.5. The third-order valence-electron chi connectivity index (χ3n) is 11.6. The Bertz CT molecular complexity index is 3450. The number of hydrogen-bond acceptors (Lipinski definition) is 3. The summed E-state index contributed by atoms with van der Waals surface area (Å²) in [5.74, 6) is 0.821. The van der Waals surface area contributed by atoms with E-state index < -0.39 is 23.5 Å². The molecule has 0 unspecified atom stereocenters. The number of halogens is 6. The van der Waals surface area contributed by atoms with Gasteiger partial charge in [-0.05, 0) is 71.8 Å². The van der Waals surface area contributed by atoms with E-state index in [-0.39, 0.29) is 22.5 Å². The van der Waals surface area contributed by atoms with Crippen molar-refractivity contribution in [1.29, 1.82) is 0 Å². The minimum absolute atomic E-state index is 0.0619. The highest BCUT2D eigenvalue weighted by Gasteiger charge is 2.34. The van der Waals surface area contributed by atoms with Gasteiger partial charge in [-0.15, -0.1) is 0 Å². The highest BCUT2D eigenvalue weighted by molar-refractivity contribution is 6.16. The first-order valence-electron chi connectivity index (χ1n) is 20.3. The molecule has 0 saturated heterocycles. The largest absolute Gasteiger partial charge is 0.416 e. The number of aromatic nitrogens is 5. The van der Waals surface area contributed by atoms with Gasteiger partial charge in [0.05, 0.1) is 38.9 Å². The summed E-state index contributed by atoms with van der Waals surface area (Å²) >= 11 is 0. The zero-order chi connectivity index (χ0) is 43.7. The van der Waals surface area contributed by atoms with Crippen LogP contribution in [0, 0.1) is 0 Å². The van der Waals surface area contributed by atoms with E-state index in [1.807, 2.05) is 127 Å². The molecular formula is C53H31F6N5. The molecule has 3 aromatic heterocycles. The van der Waals surface area contributed by atoms with Gasteiger partial charge in [0, 0.05) is 43.9 Å². The molecule has 0 aliphatic heterocycles. The highest BCUT2D eigenvalue weighted by atomic mass is 19.4. The average Bonchev–Trinajstić information content (AvgIpc) is 3.84. The number of hydrogen-bond donors (Lipinski definition) is 0. The van der Waals surface area contributed by atoms with Crippen LogP contribution >= 0.6 is 0 Å². The van der Waals surface area contributed by atoms with Crippen LogP contribution in [0.15, 0.2) is 188 Å². The fourth-order valence-corrected chi connectivity index (χ4v) is 8.75. The molecule has 0 radical (unpaired) electrons. The molecular weight excluding hydrogens is 821 g/mol. The second-order valence-corrected chi connectivity index (χ2v) is 15.5. The number of nitrogens with zero attached hydrogens (tertiary/aromatic N) is 5. The summed E-state index contributed by atoms with van der Waals surface area (Å²) in [5.41, 5.74) is 4.67. The summed E-state index contributed by atoms with van der Waals surface area (Å²) in [6.45, 7) is 0. The van der Waals surface area contributed by atoms with Crippen LogP contribution in [0.2, 0.25) is 0 Å². The van der Waals surface area contributed by atoms with Crippen LogP contribution < -0.4 is 0 Å². The predicted octanol–water partition coefficient (Wildman–Crippen LogP) is 14.8. The van der Waals surface area contributed by atoms with Gasteiger partial charge in [0.15, 0.2) is 17.5 Å². The molecule has 11 rings (SSSR count). The molecule has 0 aliphatic carbocycles. The molecule has 8 aromatic carbocycles. The van der Waals surface area contributed by atoms with Crippen molar-refractivity contribution in [1.82, 2.24) is 24.1 Å². The van der Waals surface area contributed by atoms with Crippen LogP contribution in [0.5, 0.6) is 0 Å². The second kappa shape index (κ2) is 14.8. The lowest BCUT2D eigenvalue weighted by atomic mass is 9.96. The zero-order valence-corrected chi connectivity index (χ0v) is 33.4. The molecule has 11 heteroatoms. The summed E-state index contributed by atoms with van der Waals surface area (Å²) in [7, 11) is 0. The lowest BCUT2D eigenvalue weighted by Crippen LogP contribution is -2.07. The van der Waals surface area contributed by atoms with Crippen molar-refractivity contribution in [3.05, 3.63) is 199 Å². The van der Waals surface area contributed by atoms with Crippen LogP contribution in [0.1, 0.15) is 11.1 Å². The van der Waals surface area contributed by atoms with Crippen molar-refractivity contribution in [2.24, 2.45) is 0 Å². The smallest absolute Gasteiger partial charge is 0.309 e. The number of alkyl halides is 6. The van der Waals surface area contributed by atoms with Gasteiger partial charge in [-0.3, -0.25) is 0 Å². The van der Waals surface area contributed by atoms with Gasteiger partial charge in [-0.25, -0.2) is 15.0 Å². The van der Waals surface area contributed by atoms with Crippen LogP contribution in [-0.2, 0) is 12.4 Å². The first-order valence-corrected chi connectivity index (χ1v) is 20.3. The lowest BCUT2D eigenvalue weighted by Gasteiger charge is -2.17. The molecule has 0 bridgehead atoms. The van der Waals surface area contributed by atoms with Crippen molar-refractivity contribution in [2.75, 3.05) is 0 Å². The Morgan fingerprint density at radius 2 is 0.859 bits per heavy atom. The molecule has 0 saturated carbocycles. The van der Waals surface area contributed by atoms with Crippen LogP contribution in [0.25, 0.3) is 100 Å². The summed E-state index contributed by atoms with van der Waals surface area (Å²) in [5, 5.41) is 2.63. The molecule has 64 heavy (non-hydrogen) atoms. The second-order valence-electron chi connectivity index (χ2n) is 15.5. The number of rotatable bonds is 6. The van der Waals surface area contributed by atoms with Crippen molar-refractivity contribution in [3.63, 3.8) is 0 Å². The number of para-hydroxylation sites is 2. The molecule has 0 atom stereocenters. The molecule has 0 amide bonds. The number of benzene rings is 8. The fraction of sp³-hybridized carbons (Fsp3) is 0.0377. The Balaban J connectivity index is 1.26. The SMILES string of the molecule is FC(F)(F)c1ccc2c3ccc(C(F)(F)F)cc3n(-c3ccc(-c4cccc5c4c4ccccc4n5-c4ccccc4)cc3-c3nc(-c4ccccc4)nc(-c4ccccc4)n3)c2c1. The minimum atomic E-state index is -4.74. The summed E-state index contributed by atoms with van der Waals surface area (Å²) in [6, 6.07) is 54.7. The first kappa shape index (κ1) is 38.8. The van der Waals surface area contributed by atoms with Gasteiger partial charge in [-0.1, -0.05) is 127 Å². The third-order valence-corrected chi connectivity index (χ3v) is 11.6. The summed E-state index contributed by atoms with van der Waals surface area (Å²) < 4.78 is 90.6. The van der Waals surface area contributed by atoms with E-state index in [1.165, 1.54) is 16.7 Å². The van der Waals surface area contributed by atoms with Gasteiger partial charge in [0.25, 0.3) is 0 Å². The van der Waals surface area contributed by atoms with E-state index in [4.69, 9.17) is 15.0 Å². The van der Waals surface area contributed by atoms with Crippen LogP contribution in [-0.4, -0.2) is 24.1 Å². The molecule has 0 spiro atoms. The van der Waals surface area contributed by atoms with E-state index in [1.54, 1.807) is 6.07 Å². The Labute approximate surface area is 361 Å². The maximum Gasteiger partial charge on any atom is 0.416 e. The van der Waals surface area contributed by atoms with E-state index in [2.05, 4.69) is 22.8 Å². The standard InChI is InChI=1S/C53H31F6N5/c54-52(55,56)35-24-26-39-40-27-25-36(53(57,58)59)31-47(40)64(46(39)30-35)44-28-23-34(38-20-12-22-45-48(38)41-19-10-11-21-43(41)63(45)37-17-8-3-9-18-37)29-42(44)51-61-49(32-13-4-1-5-14-32)60-50(62-51)33-15-6-2-7-16-33/h1-31H. The zero-order valence-electron chi connectivity index (χ0n) is 33.4. The van der Waals surface area contributed by atoms with E-state index in [9.17, 15) is 26.3 Å². The Morgan fingerprint density at radius 3 is 1.44 bits per heavy atom. The fourth-order valence-electron chi connectivity index (χ4n) is 8.75. The lowest BCUT2D eigenvalue weighted by molar-refractivity contribution is -0.138. The van der Waals surface area contributed by atoms with Gasteiger partial charge in [0.1, 0.15) is 0 Å². The average molecular weight is 852 g/mol.